The van der Waals surface area contributed by atoms with Crippen LogP contribution in [0.1, 0.15) is 39.2 Å². The highest BCUT2D eigenvalue weighted by Crippen LogP contribution is 2.57. The first-order chi connectivity index (χ1) is 17.7. The number of ketones is 1. The van der Waals surface area contributed by atoms with Crippen molar-refractivity contribution in [1.82, 2.24) is 0 Å². The zero-order valence-electron chi connectivity index (χ0n) is 20.8. The lowest BCUT2D eigenvalue weighted by molar-refractivity contribution is -0.140. The molecule has 0 aromatic heterocycles. The topological polar surface area (TPSA) is 120 Å². The van der Waals surface area contributed by atoms with Gasteiger partial charge in [-0.05, 0) is 37.0 Å². The number of para-hydroxylation sites is 1. The maximum Gasteiger partial charge on any atom is 0.339 e. The van der Waals surface area contributed by atoms with Crippen LogP contribution in [0.2, 0.25) is 0 Å². The number of rotatable bonds is 3. The Hall–Kier alpha value is -4.27. The van der Waals surface area contributed by atoms with E-state index in [-0.39, 0.29) is 42.6 Å². The fraction of sp³-hybridized carbons (Fsp3) is 0.321. The molecule has 9 heteroatoms. The molecule has 2 aromatic rings. The van der Waals surface area contributed by atoms with Crippen molar-refractivity contribution in [2.75, 3.05) is 23.6 Å². The van der Waals surface area contributed by atoms with Crippen molar-refractivity contribution < 1.29 is 28.6 Å². The van der Waals surface area contributed by atoms with Gasteiger partial charge in [-0.3, -0.25) is 14.5 Å². The number of allylic oxidation sites excluding steroid dienone is 1. The van der Waals surface area contributed by atoms with E-state index in [4.69, 9.17) is 19.9 Å². The summed E-state index contributed by atoms with van der Waals surface area (Å²) in [5.41, 5.74) is 7.13. The summed E-state index contributed by atoms with van der Waals surface area (Å²) in [6.07, 6.45) is 0.671. The van der Waals surface area contributed by atoms with Crippen LogP contribution < -0.4 is 25.4 Å². The van der Waals surface area contributed by atoms with Crippen molar-refractivity contribution in [3.63, 3.8) is 0 Å². The van der Waals surface area contributed by atoms with Gasteiger partial charge in [0.15, 0.2) is 17.3 Å². The molecule has 1 amide bonds. The molecule has 0 radical (unpaired) electrons. The van der Waals surface area contributed by atoms with E-state index < -0.39 is 22.7 Å². The minimum Gasteiger partial charge on any atom is -0.462 e. The Morgan fingerprint density at radius 3 is 2.65 bits per heavy atom. The van der Waals surface area contributed by atoms with Crippen LogP contribution in [0.25, 0.3) is 0 Å². The van der Waals surface area contributed by atoms with Gasteiger partial charge in [0, 0.05) is 35.0 Å². The van der Waals surface area contributed by atoms with E-state index in [1.165, 1.54) is 0 Å². The monoisotopic (exact) mass is 501 g/mol. The van der Waals surface area contributed by atoms with Crippen LogP contribution in [-0.4, -0.2) is 31.1 Å². The number of nitrogens with two attached hydrogens (primary N) is 1. The average Bonchev–Trinajstić information content (AvgIpc) is 3.41. The molecule has 2 aromatic carbocycles. The summed E-state index contributed by atoms with van der Waals surface area (Å²) in [5.74, 6) is -0.307. The van der Waals surface area contributed by atoms with Crippen LogP contribution >= 0.6 is 0 Å². The number of benzene rings is 2. The standard InChI is InChI=1S/C28H27N3O6/c1-4-35-25(33)23-24(29)31(15-9-10-20-21(11-15)37-14-36-20)18-12-27(2,3)13-19(32)22(18)28(23)16-7-5-6-8-17(16)30-26(28)34/h5-11H,4,12-14,29H2,1-3H3,(H,30,34). The molecule has 3 heterocycles. The fourth-order valence-corrected chi connectivity index (χ4v) is 6.01. The number of Topliss-reactive ketones (excluding diaryl/α,β-unsaturated/α-hetero) is 1. The highest BCUT2D eigenvalue weighted by molar-refractivity contribution is 6.23. The minimum atomic E-state index is -1.72. The molecule has 0 bridgehead atoms. The van der Waals surface area contributed by atoms with E-state index in [9.17, 15) is 14.4 Å². The van der Waals surface area contributed by atoms with Gasteiger partial charge >= 0.3 is 5.97 Å². The van der Waals surface area contributed by atoms with Crippen molar-refractivity contribution >= 4 is 29.0 Å². The summed E-state index contributed by atoms with van der Waals surface area (Å²) < 4.78 is 16.5. The maximum atomic E-state index is 14.0. The predicted octanol–water partition coefficient (Wildman–Crippen LogP) is 3.50. The Kier molecular flexibility index (Phi) is 4.92. The van der Waals surface area contributed by atoms with E-state index in [1.807, 2.05) is 13.8 Å². The summed E-state index contributed by atoms with van der Waals surface area (Å²) in [4.78, 5) is 43.4. The third-order valence-corrected chi connectivity index (χ3v) is 7.38. The number of ether oxygens (including phenoxy) is 3. The van der Waals surface area contributed by atoms with E-state index in [1.54, 1.807) is 54.3 Å². The van der Waals surface area contributed by atoms with E-state index >= 15 is 0 Å². The van der Waals surface area contributed by atoms with Gasteiger partial charge in [0.05, 0.1) is 12.3 Å². The number of esters is 1. The number of carbonyl (C=O) groups is 3. The summed E-state index contributed by atoms with van der Waals surface area (Å²) in [6, 6.07) is 12.4. The van der Waals surface area contributed by atoms with E-state index in [0.717, 1.165) is 0 Å². The second-order valence-electron chi connectivity index (χ2n) is 10.4. The zero-order chi connectivity index (χ0) is 26.1. The molecule has 1 atom stereocenters. The number of carbonyl (C=O) groups excluding carboxylic acids is 3. The molecule has 4 aliphatic rings. The Morgan fingerprint density at radius 2 is 1.86 bits per heavy atom. The second kappa shape index (κ2) is 7.86. The van der Waals surface area contributed by atoms with Crippen LogP contribution in [0.15, 0.2) is 65.1 Å². The maximum absolute atomic E-state index is 14.0. The first-order valence-electron chi connectivity index (χ1n) is 12.2. The minimum absolute atomic E-state index is 0.0356. The van der Waals surface area contributed by atoms with Gasteiger partial charge in [-0.25, -0.2) is 4.79 Å². The number of nitrogens with zero attached hydrogens (tertiary/aromatic N) is 1. The predicted molar refractivity (Wildman–Crippen MR) is 135 cm³/mol. The SMILES string of the molecule is CCOC(=O)C1=C(N)N(c2ccc3c(c2)OCO3)C2=C(C(=O)CC(C)(C)C2)C12C(=O)Nc1ccccc12. The molecule has 37 heavy (non-hydrogen) atoms. The van der Waals surface area contributed by atoms with Crippen LogP contribution in [0.3, 0.4) is 0 Å². The Balaban J connectivity index is 1.70. The number of anilines is 2. The number of hydrogen-bond acceptors (Lipinski definition) is 8. The molecule has 0 saturated heterocycles. The van der Waals surface area contributed by atoms with Gasteiger partial charge < -0.3 is 25.3 Å². The molecule has 3 N–H and O–H groups in total. The van der Waals surface area contributed by atoms with Crippen molar-refractivity contribution in [3.05, 3.63) is 70.7 Å². The Labute approximate surface area is 213 Å². The quantitative estimate of drug-likeness (QED) is 0.614. The number of nitrogens with one attached hydrogen (secondary N) is 1. The van der Waals surface area contributed by atoms with Crippen molar-refractivity contribution in [2.24, 2.45) is 11.1 Å². The lowest BCUT2D eigenvalue weighted by Crippen LogP contribution is -2.54. The first kappa shape index (κ1) is 23.1. The summed E-state index contributed by atoms with van der Waals surface area (Å²) in [6.45, 7) is 5.86. The molecule has 0 saturated carbocycles. The third kappa shape index (κ3) is 3.13. The highest BCUT2D eigenvalue weighted by Gasteiger charge is 2.63. The average molecular weight is 502 g/mol. The second-order valence-corrected chi connectivity index (χ2v) is 10.4. The number of fused-ring (bicyclic) bond motifs is 4. The Bertz CT molecular complexity index is 1460. The van der Waals surface area contributed by atoms with Crippen molar-refractivity contribution in [1.29, 1.82) is 0 Å². The molecule has 6 rings (SSSR count). The van der Waals surface area contributed by atoms with Gasteiger partial charge in [-0.2, -0.15) is 0 Å². The van der Waals surface area contributed by atoms with Crippen LogP contribution in [0.5, 0.6) is 11.5 Å². The summed E-state index contributed by atoms with van der Waals surface area (Å²) in [5, 5.41) is 2.89. The molecule has 0 fully saturated rings. The molecule has 9 nitrogen and oxygen atoms in total. The van der Waals surface area contributed by atoms with Crippen molar-refractivity contribution in [3.8, 4) is 11.5 Å². The van der Waals surface area contributed by atoms with E-state index in [2.05, 4.69) is 5.32 Å². The zero-order valence-corrected chi connectivity index (χ0v) is 20.8. The normalized spacial score (nSPS) is 23.3. The van der Waals surface area contributed by atoms with Gasteiger partial charge in [0.25, 0.3) is 0 Å². The molecular formula is C28H27N3O6. The molecule has 3 aliphatic heterocycles. The molecule has 1 unspecified atom stereocenters. The summed E-state index contributed by atoms with van der Waals surface area (Å²) in [7, 11) is 0. The van der Waals surface area contributed by atoms with Crippen LogP contribution in [-0.2, 0) is 24.5 Å². The first-order valence-corrected chi connectivity index (χ1v) is 12.2. The molecule has 1 spiro atoms. The summed E-state index contributed by atoms with van der Waals surface area (Å²) >= 11 is 0. The van der Waals surface area contributed by atoms with Gasteiger partial charge in [0.1, 0.15) is 16.8 Å². The van der Waals surface area contributed by atoms with Crippen molar-refractivity contribution in [2.45, 2.75) is 39.0 Å². The van der Waals surface area contributed by atoms with Gasteiger partial charge in [-0.15, -0.1) is 0 Å². The van der Waals surface area contributed by atoms with Crippen LogP contribution in [0, 0.1) is 5.41 Å². The number of hydrogen-bond donors (Lipinski definition) is 2. The van der Waals surface area contributed by atoms with E-state index in [0.29, 0.717) is 40.6 Å². The van der Waals surface area contributed by atoms with Gasteiger partial charge in [0.2, 0.25) is 12.7 Å². The molecule has 1 aliphatic carbocycles. The lowest BCUT2D eigenvalue weighted by Gasteiger charge is -2.47. The van der Waals surface area contributed by atoms with Crippen LogP contribution in [0.4, 0.5) is 11.4 Å². The smallest absolute Gasteiger partial charge is 0.339 e. The number of amides is 1. The fourth-order valence-electron chi connectivity index (χ4n) is 6.01. The largest absolute Gasteiger partial charge is 0.462 e. The third-order valence-electron chi connectivity index (χ3n) is 7.38. The molecular weight excluding hydrogens is 474 g/mol. The highest BCUT2D eigenvalue weighted by atomic mass is 16.7. The molecule has 190 valence electrons. The Morgan fingerprint density at radius 1 is 1.11 bits per heavy atom. The lowest BCUT2D eigenvalue weighted by atomic mass is 9.60. The van der Waals surface area contributed by atoms with Gasteiger partial charge in [-0.1, -0.05) is 32.0 Å².